The summed E-state index contributed by atoms with van der Waals surface area (Å²) >= 11 is 7.48. The van der Waals surface area contributed by atoms with Crippen molar-refractivity contribution in [2.75, 3.05) is 0 Å². The van der Waals surface area contributed by atoms with E-state index in [1.807, 2.05) is 19.2 Å². The van der Waals surface area contributed by atoms with Crippen molar-refractivity contribution < 1.29 is 13.5 Å². The molecule has 0 unspecified atom stereocenters. The van der Waals surface area contributed by atoms with Crippen LogP contribution in [0.3, 0.4) is 0 Å². The minimum Gasteiger partial charge on any atom is -0.488 e. The van der Waals surface area contributed by atoms with Gasteiger partial charge in [-0.3, -0.25) is 4.79 Å². The molecule has 148 valence electrons. The molecule has 0 aliphatic heterocycles. The van der Waals surface area contributed by atoms with Crippen LogP contribution in [0.4, 0.5) is 4.39 Å². The Labute approximate surface area is 175 Å². The van der Waals surface area contributed by atoms with E-state index in [-0.39, 0.29) is 17.6 Å². The third-order valence-corrected chi connectivity index (χ3v) is 5.97. The first-order valence-electron chi connectivity index (χ1n) is 9.04. The molecule has 0 N–H and O–H groups in total. The van der Waals surface area contributed by atoms with Crippen molar-refractivity contribution in [2.24, 2.45) is 0 Å². The topological polar surface area (TPSA) is 52.3 Å². The van der Waals surface area contributed by atoms with Gasteiger partial charge in [-0.05, 0) is 37.1 Å². The van der Waals surface area contributed by atoms with Gasteiger partial charge in [0.25, 0.3) is 0 Å². The summed E-state index contributed by atoms with van der Waals surface area (Å²) in [6.07, 6.45) is 2.06. The zero-order chi connectivity index (χ0) is 20.5. The fraction of sp³-hybridized carbons (Fsp3) is 0.182. The van der Waals surface area contributed by atoms with Crippen LogP contribution in [0.2, 0.25) is 5.02 Å². The SMILES string of the molecule is CCc1cc2c(=O)c(-c3nc(C)cs3)coc2cc1OCc1c(F)cccc1Cl. The molecule has 0 saturated carbocycles. The lowest BCUT2D eigenvalue weighted by atomic mass is 10.1. The molecule has 4 rings (SSSR count). The molecule has 0 spiro atoms. The average molecular weight is 430 g/mol. The van der Waals surface area contributed by atoms with Gasteiger partial charge in [-0.25, -0.2) is 9.37 Å². The maximum atomic E-state index is 14.0. The fourth-order valence-corrected chi connectivity index (χ4v) is 4.07. The summed E-state index contributed by atoms with van der Waals surface area (Å²) in [5.41, 5.74) is 2.66. The predicted octanol–water partition coefficient (Wildman–Crippen LogP) is 6.16. The second-order valence-electron chi connectivity index (χ2n) is 6.57. The van der Waals surface area contributed by atoms with Gasteiger partial charge in [0.15, 0.2) is 0 Å². The molecule has 2 heterocycles. The van der Waals surface area contributed by atoms with E-state index in [1.54, 1.807) is 24.3 Å². The molecular weight excluding hydrogens is 413 g/mol. The molecule has 2 aromatic carbocycles. The van der Waals surface area contributed by atoms with E-state index in [0.29, 0.717) is 38.7 Å². The number of rotatable bonds is 5. The van der Waals surface area contributed by atoms with Gasteiger partial charge in [0, 0.05) is 22.7 Å². The highest BCUT2D eigenvalue weighted by Crippen LogP contribution is 2.30. The summed E-state index contributed by atoms with van der Waals surface area (Å²) in [5.74, 6) is 0.103. The summed E-state index contributed by atoms with van der Waals surface area (Å²) in [4.78, 5) is 17.4. The van der Waals surface area contributed by atoms with Gasteiger partial charge in [0.1, 0.15) is 35.0 Å². The van der Waals surface area contributed by atoms with Crippen molar-refractivity contribution in [2.45, 2.75) is 26.9 Å². The van der Waals surface area contributed by atoms with Crippen molar-refractivity contribution in [1.29, 1.82) is 0 Å². The maximum absolute atomic E-state index is 14.0. The largest absolute Gasteiger partial charge is 0.488 e. The van der Waals surface area contributed by atoms with Gasteiger partial charge in [-0.15, -0.1) is 11.3 Å². The Morgan fingerprint density at radius 3 is 2.83 bits per heavy atom. The van der Waals surface area contributed by atoms with E-state index in [1.165, 1.54) is 23.7 Å². The third-order valence-electron chi connectivity index (χ3n) is 4.62. The Bertz CT molecular complexity index is 1240. The lowest BCUT2D eigenvalue weighted by molar-refractivity contribution is 0.297. The van der Waals surface area contributed by atoms with Crippen LogP contribution < -0.4 is 10.2 Å². The third kappa shape index (κ3) is 3.78. The molecule has 0 atom stereocenters. The normalized spacial score (nSPS) is 11.2. The number of nitrogens with zero attached hydrogens (tertiary/aromatic N) is 1. The number of aromatic nitrogens is 1. The minimum absolute atomic E-state index is 0.0231. The Morgan fingerprint density at radius 1 is 1.31 bits per heavy atom. The van der Waals surface area contributed by atoms with Crippen molar-refractivity contribution in [3.8, 4) is 16.3 Å². The molecule has 2 aromatic heterocycles. The Hall–Kier alpha value is -2.70. The summed E-state index contributed by atoms with van der Waals surface area (Å²) in [6.45, 7) is 3.81. The number of fused-ring (bicyclic) bond motifs is 1. The molecule has 0 aliphatic rings. The summed E-state index contributed by atoms with van der Waals surface area (Å²) in [6, 6.07) is 7.94. The molecular formula is C22H17ClFNO3S. The van der Waals surface area contributed by atoms with Crippen molar-refractivity contribution in [1.82, 2.24) is 4.98 Å². The summed E-state index contributed by atoms with van der Waals surface area (Å²) in [5, 5.41) is 3.29. The zero-order valence-corrected chi connectivity index (χ0v) is 17.4. The van der Waals surface area contributed by atoms with Gasteiger partial charge in [-0.2, -0.15) is 0 Å². The Balaban J connectivity index is 1.73. The first kappa shape index (κ1) is 19.6. The lowest BCUT2D eigenvalue weighted by Gasteiger charge is -2.13. The van der Waals surface area contributed by atoms with E-state index < -0.39 is 5.82 Å². The molecule has 0 amide bonds. The van der Waals surface area contributed by atoms with Crippen LogP contribution in [-0.2, 0) is 13.0 Å². The molecule has 0 saturated heterocycles. The van der Waals surface area contributed by atoms with E-state index >= 15 is 0 Å². The molecule has 7 heteroatoms. The first-order valence-corrected chi connectivity index (χ1v) is 10.3. The quantitative estimate of drug-likeness (QED) is 0.381. The highest BCUT2D eigenvalue weighted by Gasteiger charge is 2.16. The van der Waals surface area contributed by atoms with Gasteiger partial charge in [0.05, 0.1) is 16.0 Å². The van der Waals surface area contributed by atoms with Crippen molar-refractivity contribution >= 4 is 33.9 Å². The van der Waals surface area contributed by atoms with Gasteiger partial charge in [-0.1, -0.05) is 24.6 Å². The monoisotopic (exact) mass is 429 g/mol. The number of halogens is 2. The van der Waals surface area contributed by atoms with Gasteiger partial charge in [0.2, 0.25) is 5.43 Å². The molecule has 0 fully saturated rings. The first-order chi connectivity index (χ1) is 14.0. The molecule has 29 heavy (non-hydrogen) atoms. The van der Waals surface area contributed by atoms with Crippen LogP contribution in [0, 0.1) is 12.7 Å². The van der Waals surface area contributed by atoms with Gasteiger partial charge < -0.3 is 9.15 Å². The Morgan fingerprint density at radius 2 is 2.14 bits per heavy atom. The van der Waals surface area contributed by atoms with Crippen LogP contribution in [-0.4, -0.2) is 4.98 Å². The molecule has 4 aromatic rings. The second-order valence-corrected chi connectivity index (χ2v) is 7.84. The highest BCUT2D eigenvalue weighted by atomic mass is 35.5. The highest BCUT2D eigenvalue weighted by molar-refractivity contribution is 7.13. The second kappa shape index (κ2) is 7.97. The maximum Gasteiger partial charge on any atom is 0.202 e. The van der Waals surface area contributed by atoms with Crippen LogP contribution in [0.25, 0.3) is 21.5 Å². The van der Waals surface area contributed by atoms with Gasteiger partial charge >= 0.3 is 0 Å². The van der Waals surface area contributed by atoms with Crippen LogP contribution >= 0.6 is 22.9 Å². The standard InChI is InChI=1S/C22H17ClFNO3S/c1-3-13-7-14-20(28-10-16(21(14)26)22-25-12(2)11-29-22)8-19(13)27-9-15-17(23)5-4-6-18(15)24/h4-8,10-11H,3,9H2,1-2H3. The number of hydrogen-bond donors (Lipinski definition) is 0. The van der Waals surface area contributed by atoms with E-state index in [9.17, 15) is 9.18 Å². The fourth-order valence-electron chi connectivity index (χ4n) is 3.06. The average Bonchev–Trinajstić information content (AvgIpc) is 3.13. The number of benzene rings is 2. The zero-order valence-electron chi connectivity index (χ0n) is 15.8. The molecule has 0 bridgehead atoms. The van der Waals surface area contributed by atoms with Crippen LogP contribution in [0.15, 0.2) is 51.2 Å². The molecule has 0 radical (unpaired) electrons. The minimum atomic E-state index is -0.425. The molecule has 4 nitrogen and oxygen atoms in total. The number of hydrogen-bond acceptors (Lipinski definition) is 5. The Kier molecular flexibility index (Phi) is 5.39. The summed E-state index contributed by atoms with van der Waals surface area (Å²) in [7, 11) is 0. The number of thiazole rings is 1. The van der Waals surface area contributed by atoms with Crippen LogP contribution in [0.1, 0.15) is 23.7 Å². The number of ether oxygens (including phenoxy) is 1. The predicted molar refractivity (Wildman–Crippen MR) is 113 cm³/mol. The van der Waals surface area contributed by atoms with E-state index in [4.69, 9.17) is 20.8 Å². The van der Waals surface area contributed by atoms with E-state index in [0.717, 1.165) is 11.3 Å². The lowest BCUT2D eigenvalue weighted by Crippen LogP contribution is -2.07. The molecule has 0 aliphatic carbocycles. The van der Waals surface area contributed by atoms with Crippen molar-refractivity contribution in [3.05, 3.63) is 79.9 Å². The van der Waals surface area contributed by atoms with Crippen molar-refractivity contribution in [3.63, 3.8) is 0 Å². The van der Waals surface area contributed by atoms with Crippen LogP contribution in [0.5, 0.6) is 5.75 Å². The number of aryl methyl sites for hydroxylation is 2. The summed E-state index contributed by atoms with van der Waals surface area (Å²) < 4.78 is 25.6. The smallest absolute Gasteiger partial charge is 0.202 e. The van der Waals surface area contributed by atoms with E-state index in [2.05, 4.69) is 4.98 Å².